The number of benzene rings is 2. The first-order chi connectivity index (χ1) is 11.5. The lowest BCUT2D eigenvalue weighted by molar-refractivity contribution is 0.0502. The topological polar surface area (TPSA) is 18.5 Å². The van der Waals surface area contributed by atoms with Crippen LogP contribution in [0.4, 0.5) is 0 Å². The molecule has 24 heavy (non-hydrogen) atoms. The van der Waals surface area contributed by atoms with Gasteiger partial charge in [-0.2, -0.15) is 0 Å². The Hall–Kier alpha value is -1.45. The van der Waals surface area contributed by atoms with Gasteiger partial charge in [-0.25, -0.2) is 0 Å². The molecule has 3 heteroatoms. The Labute approximate surface area is 150 Å². The molecule has 2 nitrogen and oxygen atoms in total. The third-order valence-corrected chi connectivity index (χ3v) is 5.42. The zero-order valence-electron chi connectivity index (χ0n) is 15.4. The molecule has 0 amide bonds. The van der Waals surface area contributed by atoms with Gasteiger partial charge in [0.15, 0.2) is 6.79 Å². The highest BCUT2D eigenvalue weighted by Crippen LogP contribution is 2.30. The normalized spacial score (nSPS) is 11.1. The molecule has 2 aromatic carbocycles. The third kappa shape index (κ3) is 5.02. The Morgan fingerprint density at radius 1 is 1.04 bits per heavy atom. The van der Waals surface area contributed by atoms with Crippen LogP contribution < -0.4 is 4.74 Å². The van der Waals surface area contributed by atoms with Crippen molar-refractivity contribution in [2.75, 3.05) is 19.7 Å². The van der Waals surface area contributed by atoms with Crippen LogP contribution in [0.3, 0.4) is 0 Å². The average Bonchev–Trinajstić information content (AvgIpc) is 2.56. The zero-order chi connectivity index (χ0) is 17.5. The summed E-state index contributed by atoms with van der Waals surface area (Å²) in [6.07, 6.45) is 1.06. The fourth-order valence-corrected chi connectivity index (χ4v) is 3.89. The van der Waals surface area contributed by atoms with Gasteiger partial charge in [-0.1, -0.05) is 44.2 Å². The maximum Gasteiger partial charge on any atom is 0.188 e. The van der Waals surface area contributed by atoms with Gasteiger partial charge in [0, 0.05) is 17.8 Å². The second-order valence-electron chi connectivity index (χ2n) is 6.40. The SMILES string of the molecule is COCOc1ccc(CCSc2c(C)cccc2C)cc1C(C)C. The van der Waals surface area contributed by atoms with E-state index in [9.17, 15) is 0 Å². The summed E-state index contributed by atoms with van der Waals surface area (Å²) in [5.41, 5.74) is 5.35. The summed E-state index contributed by atoms with van der Waals surface area (Å²) >= 11 is 1.95. The van der Waals surface area contributed by atoms with Crippen molar-refractivity contribution in [1.29, 1.82) is 0 Å². The largest absolute Gasteiger partial charge is 0.467 e. The minimum absolute atomic E-state index is 0.293. The lowest BCUT2D eigenvalue weighted by atomic mass is 9.99. The van der Waals surface area contributed by atoms with Gasteiger partial charge in [0.2, 0.25) is 0 Å². The molecule has 0 aliphatic heterocycles. The molecular weight excluding hydrogens is 316 g/mol. The number of hydrogen-bond donors (Lipinski definition) is 0. The molecule has 0 unspecified atom stereocenters. The van der Waals surface area contributed by atoms with Gasteiger partial charge in [0.05, 0.1) is 0 Å². The molecule has 2 aromatic rings. The predicted octanol–water partition coefficient (Wildman–Crippen LogP) is 5.74. The van der Waals surface area contributed by atoms with Crippen LogP contribution >= 0.6 is 11.8 Å². The smallest absolute Gasteiger partial charge is 0.188 e. The molecule has 0 spiro atoms. The van der Waals surface area contributed by atoms with E-state index in [1.165, 1.54) is 27.1 Å². The van der Waals surface area contributed by atoms with Crippen molar-refractivity contribution in [3.05, 3.63) is 58.7 Å². The van der Waals surface area contributed by atoms with Crippen molar-refractivity contribution in [1.82, 2.24) is 0 Å². The van der Waals surface area contributed by atoms with Crippen molar-refractivity contribution >= 4 is 11.8 Å². The lowest BCUT2D eigenvalue weighted by Crippen LogP contribution is -2.03. The van der Waals surface area contributed by atoms with Gasteiger partial charge >= 0.3 is 0 Å². The maximum atomic E-state index is 5.68. The van der Waals surface area contributed by atoms with E-state index < -0.39 is 0 Å². The fourth-order valence-electron chi connectivity index (χ4n) is 2.76. The van der Waals surface area contributed by atoms with Crippen LogP contribution in [0.15, 0.2) is 41.3 Å². The Morgan fingerprint density at radius 2 is 1.75 bits per heavy atom. The molecule has 0 aliphatic carbocycles. The molecule has 0 aliphatic rings. The van der Waals surface area contributed by atoms with Crippen LogP contribution in [0, 0.1) is 13.8 Å². The number of methoxy groups -OCH3 is 1. The molecule has 130 valence electrons. The first-order valence-corrected chi connectivity index (χ1v) is 9.45. The van der Waals surface area contributed by atoms with Crippen LogP contribution in [0.2, 0.25) is 0 Å². The highest BCUT2D eigenvalue weighted by Gasteiger charge is 2.10. The van der Waals surface area contributed by atoms with Gasteiger partial charge in [-0.15, -0.1) is 11.8 Å². The summed E-state index contributed by atoms with van der Waals surface area (Å²) in [6, 6.07) is 13.0. The molecule has 0 radical (unpaired) electrons. The summed E-state index contributed by atoms with van der Waals surface area (Å²) < 4.78 is 10.7. The molecule has 0 aromatic heterocycles. The third-order valence-electron chi connectivity index (χ3n) is 4.07. The van der Waals surface area contributed by atoms with Crippen LogP contribution in [0.5, 0.6) is 5.75 Å². The van der Waals surface area contributed by atoms with E-state index in [0.717, 1.165) is 17.9 Å². The van der Waals surface area contributed by atoms with Crippen molar-refractivity contribution < 1.29 is 9.47 Å². The van der Waals surface area contributed by atoms with Gasteiger partial charge in [-0.3, -0.25) is 0 Å². The first-order valence-electron chi connectivity index (χ1n) is 8.46. The molecule has 0 heterocycles. The Kier molecular flexibility index (Phi) is 7.19. The quantitative estimate of drug-likeness (QED) is 0.449. The summed E-state index contributed by atoms with van der Waals surface area (Å²) in [4.78, 5) is 1.42. The van der Waals surface area contributed by atoms with Gasteiger partial charge in [0.25, 0.3) is 0 Å². The minimum atomic E-state index is 0.293. The lowest BCUT2D eigenvalue weighted by Gasteiger charge is -2.15. The molecule has 0 atom stereocenters. The molecule has 0 saturated carbocycles. The number of ether oxygens (including phenoxy) is 2. The van der Waals surface area contributed by atoms with Crippen LogP contribution in [0.1, 0.15) is 42.0 Å². The van der Waals surface area contributed by atoms with E-state index in [4.69, 9.17) is 9.47 Å². The molecule has 0 N–H and O–H groups in total. The van der Waals surface area contributed by atoms with Crippen LogP contribution in [-0.4, -0.2) is 19.7 Å². The van der Waals surface area contributed by atoms with Gasteiger partial charge in [-0.05, 0) is 54.5 Å². The highest BCUT2D eigenvalue weighted by atomic mass is 32.2. The van der Waals surface area contributed by atoms with Crippen molar-refractivity contribution in [2.45, 2.75) is 44.9 Å². The summed E-state index contributed by atoms with van der Waals surface area (Å²) in [5, 5.41) is 0. The Balaban J connectivity index is 2.03. The minimum Gasteiger partial charge on any atom is -0.467 e. The molecule has 0 saturated heterocycles. The number of rotatable bonds is 8. The van der Waals surface area contributed by atoms with E-state index in [0.29, 0.717) is 12.7 Å². The van der Waals surface area contributed by atoms with Crippen molar-refractivity contribution in [2.24, 2.45) is 0 Å². The Bertz CT molecular complexity index is 645. The average molecular weight is 345 g/mol. The first kappa shape index (κ1) is 18.9. The van der Waals surface area contributed by atoms with E-state index in [1.807, 2.05) is 11.8 Å². The van der Waals surface area contributed by atoms with E-state index in [2.05, 4.69) is 64.1 Å². The van der Waals surface area contributed by atoms with Crippen LogP contribution in [-0.2, 0) is 11.2 Å². The van der Waals surface area contributed by atoms with Crippen molar-refractivity contribution in [3.8, 4) is 5.75 Å². The van der Waals surface area contributed by atoms with Gasteiger partial charge < -0.3 is 9.47 Å². The molecule has 0 bridgehead atoms. The molecule has 0 fully saturated rings. The number of hydrogen-bond acceptors (Lipinski definition) is 3. The monoisotopic (exact) mass is 344 g/mol. The summed E-state index contributed by atoms with van der Waals surface area (Å²) in [5.74, 6) is 2.45. The summed E-state index contributed by atoms with van der Waals surface area (Å²) in [6.45, 7) is 9.07. The number of thioether (sulfide) groups is 1. The van der Waals surface area contributed by atoms with Gasteiger partial charge in [0.1, 0.15) is 5.75 Å². The maximum absolute atomic E-state index is 5.68. The highest BCUT2D eigenvalue weighted by molar-refractivity contribution is 7.99. The molecule has 2 rings (SSSR count). The zero-order valence-corrected chi connectivity index (χ0v) is 16.2. The van der Waals surface area contributed by atoms with E-state index >= 15 is 0 Å². The second-order valence-corrected chi connectivity index (χ2v) is 7.50. The van der Waals surface area contributed by atoms with Crippen molar-refractivity contribution in [3.63, 3.8) is 0 Å². The van der Waals surface area contributed by atoms with Crippen LogP contribution in [0.25, 0.3) is 0 Å². The number of aryl methyl sites for hydroxylation is 3. The Morgan fingerprint density at radius 3 is 2.38 bits per heavy atom. The fraction of sp³-hybridized carbons (Fsp3) is 0.429. The molecular formula is C21H28O2S. The van der Waals surface area contributed by atoms with E-state index in [1.54, 1.807) is 7.11 Å². The predicted molar refractivity (Wildman–Crippen MR) is 103 cm³/mol. The van der Waals surface area contributed by atoms with E-state index in [-0.39, 0.29) is 0 Å². The summed E-state index contributed by atoms with van der Waals surface area (Å²) in [7, 11) is 1.65. The standard InChI is InChI=1S/C21H28O2S/c1-15(2)19-13-18(9-10-20(19)23-14-22-5)11-12-24-21-16(3)7-6-8-17(21)4/h6-10,13,15H,11-12,14H2,1-5H3. The second kappa shape index (κ2) is 9.14.